The molecule has 0 aliphatic heterocycles. The van der Waals surface area contributed by atoms with Crippen LogP contribution in [0.5, 0.6) is 0 Å². The second-order valence-electron chi connectivity index (χ2n) is 5.56. The summed E-state index contributed by atoms with van der Waals surface area (Å²) >= 11 is 0. The lowest BCUT2D eigenvalue weighted by Crippen LogP contribution is -2.50. The van der Waals surface area contributed by atoms with Crippen LogP contribution < -0.4 is 10.6 Å². The molecule has 1 aliphatic carbocycles. The Labute approximate surface area is 115 Å². The van der Waals surface area contributed by atoms with E-state index in [1.54, 1.807) is 0 Å². The normalized spacial score (nSPS) is 23.5. The minimum absolute atomic E-state index is 0.0941. The van der Waals surface area contributed by atoms with Crippen molar-refractivity contribution in [1.29, 1.82) is 0 Å². The summed E-state index contributed by atoms with van der Waals surface area (Å²) < 4.78 is 0. The monoisotopic (exact) mass is 260 g/mol. The number of likely N-dealkylation sites (N-methyl/N-ethyl adjacent to an activating group) is 1. The molecule has 1 unspecified atom stereocenters. The summed E-state index contributed by atoms with van der Waals surface area (Å²) in [6.45, 7) is 6.71. The molecule has 3 heteroatoms. The lowest BCUT2D eigenvalue weighted by molar-refractivity contribution is -0.123. The molecule has 0 heterocycles. The van der Waals surface area contributed by atoms with Crippen LogP contribution in [0.15, 0.2) is 24.3 Å². The van der Waals surface area contributed by atoms with Crippen LogP contribution in [-0.4, -0.2) is 24.5 Å². The molecule has 3 nitrogen and oxygen atoms in total. The summed E-state index contributed by atoms with van der Waals surface area (Å²) in [4.78, 5) is 11.6. The van der Waals surface area contributed by atoms with Crippen molar-refractivity contribution in [3.8, 4) is 0 Å². The quantitative estimate of drug-likeness (QED) is 0.853. The van der Waals surface area contributed by atoms with Crippen molar-refractivity contribution in [2.75, 3.05) is 6.54 Å². The fourth-order valence-corrected chi connectivity index (χ4v) is 2.71. The minimum atomic E-state index is -0.0941. The van der Waals surface area contributed by atoms with Crippen LogP contribution in [0.25, 0.3) is 0 Å². The number of carbonyl (C=O) groups is 1. The van der Waals surface area contributed by atoms with E-state index in [2.05, 4.69) is 41.8 Å². The summed E-state index contributed by atoms with van der Waals surface area (Å²) in [5.74, 6) is 0.750. The number of nitrogens with one attached hydrogen (secondary N) is 2. The SMILES string of the molecule is CCNC(=O)C(C)NC1CC(c2cccc(C)c2)C1. The molecule has 104 valence electrons. The van der Waals surface area contributed by atoms with Crippen LogP contribution in [0.4, 0.5) is 0 Å². The third-order valence-corrected chi connectivity index (χ3v) is 3.88. The van der Waals surface area contributed by atoms with Crippen molar-refractivity contribution >= 4 is 5.91 Å². The zero-order chi connectivity index (χ0) is 13.8. The van der Waals surface area contributed by atoms with Gasteiger partial charge in [0.1, 0.15) is 0 Å². The highest BCUT2D eigenvalue weighted by molar-refractivity contribution is 5.81. The van der Waals surface area contributed by atoms with Crippen LogP contribution in [0, 0.1) is 6.92 Å². The van der Waals surface area contributed by atoms with E-state index in [1.165, 1.54) is 11.1 Å². The van der Waals surface area contributed by atoms with Gasteiger partial charge in [-0.15, -0.1) is 0 Å². The van der Waals surface area contributed by atoms with Gasteiger partial charge in [0.05, 0.1) is 6.04 Å². The number of aryl methyl sites for hydroxylation is 1. The standard InChI is InChI=1S/C16H24N2O/c1-4-17-16(19)12(3)18-15-9-14(10-15)13-7-5-6-11(2)8-13/h5-8,12,14-15,18H,4,9-10H2,1-3H3,(H,17,19). The van der Waals surface area contributed by atoms with Crippen LogP contribution >= 0.6 is 0 Å². The van der Waals surface area contributed by atoms with Gasteiger partial charge in [0.15, 0.2) is 0 Å². The first-order valence-corrected chi connectivity index (χ1v) is 7.20. The molecule has 1 fully saturated rings. The molecule has 1 saturated carbocycles. The molecule has 1 atom stereocenters. The number of carbonyl (C=O) groups excluding carboxylic acids is 1. The molecule has 19 heavy (non-hydrogen) atoms. The largest absolute Gasteiger partial charge is 0.355 e. The molecular weight excluding hydrogens is 236 g/mol. The van der Waals surface area contributed by atoms with Gasteiger partial charge in [-0.1, -0.05) is 29.8 Å². The van der Waals surface area contributed by atoms with E-state index in [9.17, 15) is 4.79 Å². The zero-order valence-electron chi connectivity index (χ0n) is 12.1. The average molecular weight is 260 g/mol. The first-order valence-electron chi connectivity index (χ1n) is 7.20. The molecule has 1 aliphatic rings. The van der Waals surface area contributed by atoms with Crippen LogP contribution in [0.2, 0.25) is 0 Å². The Morgan fingerprint density at radius 2 is 2.16 bits per heavy atom. The summed E-state index contributed by atoms with van der Waals surface area (Å²) in [5, 5.41) is 6.25. The maximum atomic E-state index is 11.6. The predicted octanol–water partition coefficient (Wildman–Crippen LogP) is 2.36. The fourth-order valence-electron chi connectivity index (χ4n) is 2.71. The van der Waals surface area contributed by atoms with Gasteiger partial charge >= 0.3 is 0 Å². The Morgan fingerprint density at radius 1 is 1.42 bits per heavy atom. The Bertz CT molecular complexity index is 438. The topological polar surface area (TPSA) is 41.1 Å². The van der Waals surface area contributed by atoms with Crippen molar-refractivity contribution in [3.05, 3.63) is 35.4 Å². The van der Waals surface area contributed by atoms with Crippen LogP contribution in [-0.2, 0) is 4.79 Å². The average Bonchev–Trinajstić information content (AvgIpc) is 2.33. The molecule has 1 amide bonds. The van der Waals surface area contributed by atoms with Gasteiger partial charge in [0.2, 0.25) is 5.91 Å². The number of hydrogen-bond donors (Lipinski definition) is 2. The van der Waals surface area contributed by atoms with Crippen molar-refractivity contribution in [1.82, 2.24) is 10.6 Å². The Balaban J connectivity index is 1.79. The summed E-state index contributed by atoms with van der Waals surface area (Å²) in [7, 11) is 0. The summed E-state index contributed by atoms with van der Waals surface area (Å²) in [5.41, 5.74) is 2.76. The number of benzene rings is 1. The first kappa shape index (κ1) is 14.1. The van der Waals surface area contributed by atoms with Crippen molar-refractivity contribution < 1.29 is 4.79 Å². The zero-order valence-corrected chi connectivity index (χ0v) is 12.1. The molecule has 0 spiro atoms. The highest BCUT2D eigenvalue weighted by atomic mass is 16.2. The molecule has 0 saturated heterocycles. The predicted molar refractivity (Wildman–Crippen MR) is 78.2 cm³/mol. The van der Waals surface area contributed by atoms with Crippen molar-refractivity contribution in [3.63, 3.8) is 0 Å². The van der Waals surface area contributed by atoms with Gasteiger partial charge in [-0.3, -0.25) is 4.79 Å². The number of hydrogen-bond acceptors (Lipinski definition) is 2. The lowest BCUT2D eigenvalue weighted by atomic mass is 9.75. The lowest BCUT2D eigenvalue weighted by Gasteiger charge is -2.38. The van der Waals surface area contributed by atoms with Gasteiger partial charge in [0.25, 0.3) is 0 Å². The third-order valence-electron chi connectivity index (χ3n) is 3.88. The van der Waals surface area contributed by atoms with E-state index in [4.69, 9.17) is 0 Å². The van der Waals surface area contributed by atoms with Gasteiger partial charge in [-0.2, -0.15) is 0 Å². The maximum absolute atomic E-state index is 11.6. The molecular formula is C16H24N2O. The Hall–Kier alpha value is -1.35. The molecule has 2 N–H and O–H groups in total. The molecule has 1 aromatic rings. The van der Waals surface area contributed by atoms with E-state index >= 15 is 0 Å². The second-order valence-corrected chi connectivity index (χ2v) is 5.56. The fraction of sp³-hybridized carbons (Fsp3) is 0.562. The third kappa shape index (κ3) is 3.57. The molecule has 1 aromatic carbocycles. The first-order chi connectivity index (χ1) is 9.10. The van der Waals surface area contributed by atoms with Gasteiger partial charge in [0, 0.05) is 12.6 Å². The molecule has 2 rings (SSSR count). The number of rotatable bonds is 5. The van der Waals surface area contributed by atoms with E-state index in [1.807, 2.05) is 13.8 Å². The number of amides is 1. The van der Waals surface area contributed by atoms with Crippen molar-refractivity contribution in [2.45, 2.75) is 51.6 Å². The van der Waals surface area contributed by atoms with Gasteiger partial charge in [-0.05, 0) is 45.1 Å². The Kier molecular flexibility index (Phi) is 4.59. The molecule has 0 bridgehead atoms. The molecule has 0 radical (unpaired) electrons. The van der Waals surface area contributed by atoms with E-state index < -0.39 is 0 Å². The van der Waals surface area contributed by atoms with E-state index in [-0.39, 0.29) is 11.9 Å². The van der Waals surface area contributed by atoms with Gasteiger partial charge in [-0.25, -0.2) is 0 Å². The highest BCUT2D eigenvalue weighted by Gasteiger charge is 2.31. The molecule has 0 aromatic heterocycles. The second kappa shape index (κ2) is 6.20. The smallest absolute Gasteiger partial charge is 0.236 e. The minimum Gasteiger partial charge on any atom is -0.355 e. The van der Waals surface area contributed by atoms with Gasteiger partial charge < -0.3 is 10.6 Å². The highest BCUT2D eigenvalue weighted by Crippen LogP contribution is 2.37. The van der Waals surface area contributed by atoms with Crippen LogP contribution in [0.3, 0.4) is 0 Å². The maximum Gasteiger partial charge on any atom is 0.236 e. The van der Waals surface area contributed by atoms with Crippen molar-refractivity contribution in [2.24, 2.45) is 0 Å². The summed E-state index contributed by atoms with van der Waals surface area (Å²) in [6.07, 6.45) is 2.26. The summed E-state index contributed by atoms with van der Waals surface area (Å²) in [6, 6.07) is 9.12. The Morgan fingerprint density at radius 3 is 2.79 bits per heavy atom. The van der Waals surface area contributed by atoms with Crippen LogP contribution in [0.1, 0.15) is 43.7 Å². The van der Waals surface area contributed by atoms with E-state index in [0.29, 0.717) is 18.5 Å². The van der Waals surface area contributed by atoms with E-state index in [0.717, 1.165) is 12.8 Å².